The zero-order valence-electron chi connectivity index (χ0n) is 14.8. The summed E-state index contributed by atoms with van der Waals surface area (Å²) < 4.78 is 18.4. The quantitative estimate of drug-likeness (QED) is 0.406. The average molecular weight is 410 g/mol. The number of ether oxygens (including phenoxy) is 1. The van der Waals surface area contributed by atoms with Gasteiger partial charge in [-0.25, -0.2) is 4.98 Å². The molecule has 1 fully saturated rings. The standard InChI is InChI=1S/C18H20FN3O3S2/c1-2-9-26-14-5-3-12(4-6-14)16(22-25-13-7-8-24-11-13)17(23)21-18-20-10-15(19)27-18/h3-6,10,13H,2,7-9,11H2,1H3,(H,20,21,23)/t13-/m1/s1. The van der Waals surface area contributed by atoms with Crippen LogP contribution >= 0.6 is 23.1 Å². The number of halogens is 1. The number of hydrogen-bond acceptors (Lipinski definition) is 7. The number of amides is 1. The van der Waals surface area contributed by atoms with Crippen LogP contribution in [0.25, 0.3) is 0 Å². The Labute approximate surface area is 165 Å². The summed E-state index contributed by atoms with van der Waals surface area (Å²) in [7, 11) is 0. The van der Waals surface area contributed by atoms with Gasteiger partial charge >= 0.3 is 0 Å². The molecule has 1 aliphatic rings. The Balaban J connectivity index is 1.77. The predicted molar refractivity (Wildman–Crippen MR) is 105 cm³/mol. The van der Waals surface area contributed by atoms with Crippen LogP contribution in [0.5, 0.6) is 0 Å². The molecule has 144 valence electrons. The van der Waals surface area contributed by atoms with Gasteiger partial charge in [0.15, 0.2) is 22.1 Å². The maximum absolute atomic E-state index is 13.1. The summed E-state index contributed by atoms with van der Waals surface area (Å²) in [5, 5.41) is 6.34. The molecule has 1 atom stereocenters. The first-order chi connectivity index (χ1) is 13.2. The summed E-state index contributed by atoms with van der Waals surface area (Å²) in [4.78, 5) is 23.1. The highest BCUT2D eigenvalue weighted by Gasteiger charge is 2.21. The molecule has 0 aliphatic carbocycles. The third-order valence-electron chi connectivity index (χ3n) is 3.69. The van der Waals surface area contributed by atoms with E-state index in [0.29, 0.717) is 18.8 Å². The van der Waals surface area contributed by atoms with E-state index in [1.54, 1.807) is 11.8 Å². The van der Waals surface area contributed by atoms with Crippen LogP contribution in [-0.4, -0.2) is 41.7 Å². The van der Waals surface area contributed by atoms with E-state index < -0.39 is 11.0 Å². The van der Waals surface area contributed by atoms with E-state index in [2.05, 4.69) is 22.4 Å². The lowest BCUT2D eigenvalue weighted by molar-refractivity contribution is -0.110. The largest absolute Gasteiger partial charge is 0.389 e. The van der Waals surface area contributed by atoms with Gasteiger partial charge in [-0.05, 0) is 24.3 Å². The molecule has 2 heterocycles. The monoisotopic (exact) mass is 409 g/mol. The molecule has 0 unspecified atom stereocenters. The van der Waals surface area contributed by atoms with Gasteiger partial charge in [-0.1, -0.05) is 35.5 Å². The van der Waals surface area contributed by atoms with Gasteiger partial charge in [-0.2, -0.15) is 4.39 Å². The molecule has 9 heteroatoms. The summed E-state index contributed by atoms with van der Waals surface area (Å²) in [5.41, 5.74) is 0.730. The molecule has 0 saturated carbocycles. The minimum atomic E-state index is -0.503. The maximum atomic E-state index is 13.1. The van der Waals surface area contributed by atoms with Gasteiger partial charge in [0.25, 0.3) is 5.91 Å². The first-order valence-corrected chi connectivity index (χ1v) is 10.4. The average Bonchev–Trinajstić information content (AvgIpc) is 3.33. The lowest BCUT2D eigenvalue weighted by Gasteiger charge is -2.10. The number of oxime groups is 1. The van der Waals surface area contributed by atoms with Crippen LogP contribution in [0.15, 0.2) is 40.5 Å². The number of hydrogen-bond donors (Lipinski definition) is 1. The Bertz CT molecular complexity index is 789. The van der Waals surface area contributed by atoms with Crippen LogP contribution in [0.1, 0.15) is 25.3 Å². The molecule has 27 heavy (non-hydrogen) atoms. The second-order valence-corrected chi connectivity index (χ2v) is 7.98. The molecular formula is C18H20FN3O3S2. The molecule has 6 nitrogen and oxygen atoms in total. The number of nitrogens with one attached hydrogen (secondary N) is 1. The normalized spacial score (nSPS) is 17.1. The van der Waals surface area contributed by atoms with E-state index >= 15 is 0 Å². The van der Waals surface area contributed by atoms with Crippen molar-refractivity contribution in [1.29, 1.82) is 0 Å². The Kier molecular flexibility index (Phi) is 7.19. The first-order valence-electron chi connectivity index (χ1n) is 8.63. The first kappa shape index (κ1) is 19.8. The Morgan fingerprint density at radius 2 is 2.30 bits per heavy atom. The summed E-state index contributed by atoms with van der Waals surface area (Å²) >= 11 is 2.50. The Morgan fingerprint density at radius 1 is 1.48 bits per heavy atom. The van der Waals surface area contributed by atoms with Crippen molar-refractivity contribution in [1.82, 2.24) is 4.98 Å². The third-order valence-corrected chi connectivity index (χ3v) is 5.61. The van der Waals surface area contributed by atoms with Crippen molar-refractivity contribution >= 4 is 39.8 Å². The highest BCUT2D eigenvalue weighted by molar-refractivity contribution is 7.99. The SMILES string of the molecule is CCCSc1ccc(C(=NO[C@@H]2CCOC2)C(=O)Nc2ncc(F)s2)cc1. The Hall–Kier alpha value is -1.97. The molecule has 1 aromatic heterocycles. The molecule has 3 rings (SSSR count). The van der Waals surface area contributed by atoms with Crippen molar-refractivity contribution in [2.75, 3.05) is 24.3 Å². The van der Waals surface area contributed by atoms with E-state index in [0.717, 1.165) is 41.0 Å². The van der Waals surface area contributed by atoms with Crippen LogP contribution in [0, 0.1) is 5.13 Å². The van der Waals surface area contributed by atoms with Crippen LogP contribution < -0.4 is 5.32 Å². The lowest BCUT2D eigenvalue weighted by Crippen LogP contribution is -2.25. The highest BCUT2D eigenvalue weighted by Crippen LogP contribution is 2.21. The highest BCUT2D eigenvalue weighted by atomic mass is 32.2. The van der Waals surface area contributed by atoms with Crippen molar-refractivity contribution in [3.8, 4) is 0 Å². The summed E-state index contributed by atoms with van der Waals surface area (Å²) in [6.07, 6.45) is 2.69. The van der Waals surface area contributed by atoms with Crippen molar-refractivity contribution in [2.45, 2.75) is 30.8 Å². The van der Waals surface area contributed by atoms with Crippen LogP contribution in [0.3, 0.4) is 0 Å². The van der Waals surface area contributed by atoms with Gasteiger partial charge in [-0.3, -0.25) is 10.1 Å². The fourth-order valence-electron chi connectivity index (χ4n) is 2.35. The molecule has 1 saturated heterocycles. The number of rotatable bonds is 8. The van der Waals surface area contributed by atoms with Gasteiger partial charge in [0, 0.05) is 16.9 Å². The van der Waals surface area contributed by atoms with Gasteiger partial charge in [0.1, 0.15) is 0 Å². The van der Waals surface area contributed by atoms with Gasteiger partial charge in [0.05, 0.1) is 19.4 Å². The third kappa shape index (κ3) is 5.75. The number of nitrogens with zero attached hydrogens (tertiary/aromatic N) is 2. The van der Waals surface area contributed by atoms with Crippen molar-refractivity contribution in [3.63, 3.8) is 0 Å². The Morgan fingerprint density at radius 3 is 2.93 bits per heavy atom. The van der Waals surface area contributed by atoms with E-state index in [9.17, 15) is 9.18 Å². The minimum absolute atomic E-state index is 0.115. The number of carbonyl (C=O) groups is 1. The predicted octanol–water partition coefficient (Wildman–Crippen LogP) is 3.93. The molecule has 1 amide bonds. The molecule has 0 spiro atoms. The van der Waals surface area contributed by atoms with Crippen LogP contribution in [0.4, 0.5) is 9.52 Å². The maximum Gasteiger partial charge on any atom is 0.280 e. The zero-order chi connectivity index (χ0) is 19.1. The topological polar surface area (TPSA) is 72.8 Å². The number of aromatic nitrogens is 1. The number of benzene rings is 1. The molecular weight excluding hydrogens is 389 g/mol. The van der Waals surface area contributed by atoms with Gasteiger partial charge in [-0.15, -0.1) is 11.8 Å². The van der Waals surface area contributed by atoms with Gasteiger partial charge < -0.3 is 9.57 Å². The number of thioether (sulfide) groups is 1. The summed E-state index contributed by atoms with van der Waals surface area (Å²) in [5.74, 6) is 0.526. The van der Waals surface area contributed by atoms with Crippen LogP contribution in [-0.2, 0) is 14.4 Å². The van der Waals surface area contributed by atoms with E-state index in [-0.39, 0.29) is 16.9 Å². The van der Waals surface area contributed by atoms with Crippen molar-refractivity contribution in [3.05, 3.63) is 41.2 Å². The molecule has 0 bridgehead atoms. The zero-order valence-corrected chi connectivity index (χ0v) is 16.4. The fraction of sp³-hybridized carbons (Fsp3) is 0.389. The van der Waals surface area contributed by atoms with E-state index in [1.165, 1.54) is 0 Å². The number of carbonyl (C=O) groups excluding carboxylic acids is 1. The van der Waals surface area contributed by atoms with E-state index in [1.807, 2.05) is 24.3 Å². The summed E-state index contributed by atoms with van der Waals surface area (Å²) in [6, 6.07) is 7.54. The second-order valence-electron chi connectivity index (χ2n) is 5.83. The molecule has 0 radical (unpaired) electrons. The molecule has 1 aliphatic heterocycles. The number of anilines is 1. The van der Waals surface area contributed by atoms with Crippen LogP contribution in [0.2, 0.25) is 0 Å². The van der Waals surface area contributed by atoms with Crippen molar-refractivity contribution < 1.29 is 18.8 Å². The van der Waals surface area contributed by atoms with Crippen molar-refractivity contribution in [2.24, 2.45) is 5.16 Å². The van der Waals surface area contributed by atoms with E-state index in [4.69, 9.17) is 9.57 Å². The fourth-order valence-corrected chi connectivity index (χ4v) is 3.65. The minimum Gasteiger partial charge on any atom is -0.389 e. The summed E-state index contributed by atoms with van der Waals surface area (Å²) in [6.45, 7) is 3.19. The molecule has 1 N–H and O–H groups in total. The molecule has 2 aromatic rings. The molecule has 1 aromatic carbocycles. The lowest BCUT2D eigenvalue weighted by atomic mass is 10.1. The second kappa shape index (κ2) is 9.82. The van der Waals surface area contributed by atoms with Gasteiger partial charge in [0.2, 0.25) is 0 Å². The smallest absolute Gasteiger partial charge is 0.280 e. The number of thiazole rings is 1.